The predicted octanol–water partition coefficient (Wildman–Crippen LogP) is 4.45. The zero-order chi connectivity index (χ0) is 14.8. The van der Waals surface area contributed by atoms with Crippen molar-refractivity contribution in [3.63, 3.8) is 0 Å². The van der Waals surface area contributed by atoms with Gasteiger partial charge in [0, 0.05) is 10.6 Å². The van der Waals surface area contributed by atoms with Crippen LogP contribution >= 0.6 is 23.6 Å². The topological polar surface area (TPSA) is 37.0 Å². The van der Waals surface area contributed by atoms with Crippen molar-refractivity contribution in [3.05, 3.63) is 39.9 Å². The highest BCUT2D eigenvalue weighted by Gasteiger charge is 2.15. The first-order chi connectivity index (χ1) is 10.1. The molecule has 0 bridgehead atoms. The van der Waals surface area contributed by atoms with Gasteiger partial charge >= 0.3 is 0 Å². The third-order valence-corrected chi connectivity index (χ3v) is 4.97. The Morgan fingerprint density at radius 3 is 2.76 bits per heavy atom. The molecule has 1 aromatic heterocycles. The van der Waals surface area contributed by atoms with E-state index in [1.807, 2.05) is 0 Å². The third kappa shape index (κ3) is 3.41. The van der Waals surface area contributed by atoms with Crippen molar-refractivity contribution in [1.82, 2.24) is 4.98 Å². The quantitative estimate of drug-likeness (QED) is 0.803. The van der Waals surface area contributed by atoms with E-state index in [2.05, 4.69) is 47.7 Å². The molecule has 110 valence electrons. The van der Waals surface area contributed by atoms with Gasteiger partial charge in [-0.15, -0.1) is 11.3 Å². The van der Waals surface area contributed by atoms with Crippen molar-refractivity contribution in [2.45, 2.75) is 39.5 Å². The zero-order valence-corrected chi connectivity index (χ0v) is 14.0. The summed E-state index contributed by atoms with van der Waals surface area (Å²) in [6.07, 6.45) is 4.79. The van der Waals surface area contributed by atoms with Crippen molar-refractivity contribution in [1.29, 1.82) is 0 Å². The van der Waals surface area contributed by atoms with E-state index in [-0.39, 0.29) is 0 Å². The lowest BCUT2D eigenvalue weighted by Crippen LogP contribution is -2.19. The summed E-state index contributed by atoms with van der Waals surface area (Å²) in [7, 11) is 0. The maximum atomic E-state index is 5.40. The Bertz CT molecular complexity index is 653. The van der Waals surface area contributed by atoms with Gasteiger partial charge in [0.2, 0.25) is 0 Å². The van der Waals surface area contributed by atoms with Crippen LogP contribution in [-0.4, -0.2) is 10.1 Å². The van der Waals surface area contributed by atoms with Crippen molar-refractivity contribution in [2.24, 2.45) is 0 Å². The van der Waals surface area contributed by atoms with Crippen LogP contribution in [0.25, 0.3) is 0 Å². The molecule has 1 aliphatic carbocycles. The Morgan fingerprint density at radius 2 is 2.00 bits per heavy atom. The fraction of sp³-hybridized carbons (Fsp3) is 0.375. The van der Waals surface area contributed by atoms with E-state index in [0.29, 0.717) is 5.11 Å². The number of thiazole rings is 1. The molecule has 1 aliphatic rings. The van der Waals surface area contributed by atoms with Crippen LogP contribution in [0.15, 0.2) is 18.2 Å². The van der Waals surface area contributed by atoms with Crippen LogP contribution in [0, 0.1) is 13.8 Å². The molecular formula is C16H19N3S2. The number of hydrogen-bond acceptors (Lipinski definition) is 3. The summed E-state index contributed by atoms with van der Waals surface area (Å²) in [6.45, 7) is 4.17. The van der Waals surface area contributed by atoms with Crippen LogP contribution in [-0.2, 0) is 12.8 Å². The van der Waals surface area contributed by atoms with Gasteiger partial charge in [0.05, 0.1) is 5.69 Å². The molecule has 0 atom stereocenters. The number of nitrogens with one attached hydrogen (secondary N) is 2. The van der Waals surface area contributed by atoms with Gasteiger partial charge in [-0.3, -0.25) is 0 Å². The summed E-state index contributed by atoms with van der Waals surface area (Å²) in [6, 6.07) is 6.29. The highest BCUT2D eigenvalue weighted by molar-refractivity contribution is 7.80. The number of benzene rings is 1. The summed E-state index contributed by atoms with van der Waals surface area (Å²) in [5.74, 6) is 0. The first kappa shape index (κ1) is 14.5. The summed E-state index contributed by atoms with van der Waals surface area (Å²) >= 11 is 7.13. The molecule has 0 aliphatic heterocycles. The molecule has 21 heavy (non-hydrogen) atoms. The molecule has 1 aromatic carbocycles. The maximum Gasteiger partial charge on any atom is 0.189 e. The molecule has 5 heteroatoms. The minimum atomic E-state index is 0.605. The lowest BCUT2D eigenvalue weighted by Gasteiger charge is -2.11. The number of rotatable bonds is 2. The van der Waals surface area contributed by atoms with Crippen molar-refractivity contribution < 1.29 is 0 Å². The summed E-state index contributed by atoms with van der Waals surface area (Å²) in [5.41, 5.74) is 4.74. The van der Waals surface area contributed by atoms with Crippen molar-refractivity contribution >= 4 is 39.5 Å². The molecule has 0 fully saturated rings. The SMILES string of the molecule is Cc1ccc(NC(=S)Nc2nc3c(s2)CCCC3)c(C)c1. The average molecular weight is 317 g/mol. The molecule has 0 unspecified atom stereocenters. The zero-order valence-electron chi connectivity index (χ0n) is 12.3. The summed E-state index contributed by atoms with van der Waals surface area (Å²) in [5, 5.41) is 7.98. The van der Waals surface area contributed by atoms with E-state index >= 15 is 0 Å². The van der Waals surface area contributed by atoms with E-state index in [9.17, 15) is 0 Å². The molecule has 0 amide bonds. The molecule has 0 spiro atoms. The van der Waals surface area contributed by atoms with Crippen LogP contribution in [0.4, 0.5) is 10.8 Å². The van der Waals surface area contributed by atoms with E-state index in [1.54, 1.807) is 11.3 Å². The molecule has 0 radical (unpaired) electrons. The number of aromatic nitrogens is 1. The van der Waals surface area contributed by atoms with Crippen molar-refractivity contribution in [3.8, 4) is 0 Å². The largest absolute Gasteiger partial charge is 0.332 e. The second kappa shape index (κ2) is 6.12. The monoisotopic (exact) mass is 317 g/mol. The van der Waals surface area contributed by atoms with E-state index < -0.39 is 0 Å². The van der Waals surface area contributed by atoms with Crippen LogP contribution in [0.2, 0.25) is 0 Å². The second-order valence-corrected chi connectivity index (χ2v) is 6.99. The van der Waals surface area contributed by atoms with E-state index in [0.717, 1.165) is 23.7 Å². The highest BCUT2D eigenvalue weighted by Crippen LogP contribution is 2.29. The maximum absolute atomic E-state index is 5.40. The number of aryl methyl sites for hydroxylation is 4. The Balaban J connectivity index is 1.67. The lowest BCUT2D eigenvalue weighted by molar-refractivity contribution is 0.683. The van der Waals surface area contributed by atoms with Gasteiger partial charge < -0.3 is 10.6 Å². The Morgan fingerprint density at radius 1 is 1.19 bits per heavy atom. The van der Waals surface area contributed by atoms with Crippen LogP contribution < -0.4 is 10.6 Å². The van der Waals surface area contributed by atoms with Gasteiger partial charge in [-0.25, -0.2) is 4.98 Å². The Kier molecular flexibility index (Phi) is 4.22. The highest BCUT2D eigenvalue weighted by atomic mass is 32.1. The van der Waals surface area contributed by atoms with Crippen LogP contribution in [0.1, 0.15) is 34.5 Å². The number of thiocarbonyl (C=S) groups is 1. The molecule has 3 nitrogen and oxygen atoms in total. The van der Waals surface area contributed by atoms with Gasteiger partial charge in [-0.2, -0.15) is 0 Å². The molecule has 2 N–H and O–H groups in total. The van der Waals surface area contributed by atoms with Crippen LogP contribution in [0.3, 0.4) is 0 Å². The molecular weight excluding hydrogens is 298 g/mol. The minimum Gasteiger partial charge on any atom is -0.332 e. The molecule has 0 saturated carbocycles. The summed E-state index contributed by atoms with van der Waals surface area (Å²) < 4.78 is 0. The number of fused-ring (bicyclic) bond motifs is 1. The first-order valence-corrected chi connectivity index (χ1v) is 8.48. The Labute approximate surface area is 134 Å². The number of hydrogen-bond donors (Lipinski definition) is 2. The standard InChI is InChI=1S/C16H19N3S2/c1-10-7-8-12(11(2)9-10)17-15(20)19-16-18-13-5-3-4-6-14(13)21-16/h7-9H,3-6H2,1-2H3,(H2,17,18,19,20). The van der Waals surface area contributed by atoms with Gasteiger partial charge in [0.25, 0.3) is 0 Å². The van der Waals surface area contributed by atoms with Gasteiger partial charge in [-0.1, -0.05) is 17.7 Å². The number of nitrogens with zero attached hydrogens (tertiary/aromatic N) is 1. The van der Waals surface area contributed by atoms with Gasteiger partial charge in [0.1, 0.15) is 0 Å². The molecule has 3 rings (SSSR count). The minimum absolute atomic E-state index is 0.605. The van der Waals surface area contributed by atoms with E-state index in [4.69, 9.17) is 12.2 Å². The smallest absolute Gasteiger partial charge is 0.189 e. The first-order valence-electron chi connectivity index (χ1n) is 7.25. The number of anilines is 2. The summed E-state index contributed by atoms with van der Waals surface area (Å²) in [4.78, 5) is 6.06. The second-order valence-electron chi connectivity index (χ2n) is 5.49. The van der Waals surface area contributed by atoms with Crippen molar-refractivity contribution in [2.75, 3.05) is 10.6 Å². The fourth-order valence-electron chi connectivity index (χ4n) is 2.61. The normalized spacial score (nSPS) is 13.6. The van der Waals surface area contributed by atoms with Gasteiger partial charge in [-0.05, 0) is 63.4 Å². The molecule has 2 aromatic rings. The van der Waals surface area contributed by atoms with Crippen LogP contribution in [0.5, 0.6) is 0 Å². The predicted molar refractivity (Wildman–Crippen MR) is 94.5 cm³/mol. The third-order valence-electron chi connectivity index (χ3n) is 3.70. The lowest BCUT2D eigenvalue weighted by atomic mass is 10.0. The fourth-order valence-corrected chi connectivity index (χ4v) is 3.94. The van der Waals surface area contributed by atoms with Gasteiger partial charge in [0.15, 0.2) is 10.2 Å². The average Bonchev–Trinajstić information content (AvgIpc) is 2.84. The van der Waals surface area contributed by atoms with E-state index in [1.165, 1.54) is 34.5 Å². The Hall–Kier alpha value is -1.46. The molecule has 0 saturated heterocycles. The molecule has 1 heterocycles.